The number of carbonyl (C=O) groups is 2. The Hall–Kier alpha value is -1.71. The minimum absolute atomic E-state index is 0.168. The second-order valence-corrected chi connectivity index (χ2v) is 5.07. The molecule has 0 aliphatic carbocycles. The van der Waals surface area contributed by atoms with E-state index in [1.165, 1.54) is 19.2 Å². The SMILES string of the molecule is COc1ccc(C(=O)C(F)C(=O)C(C)(C)C)cc1. The van der Waals surface area contributed by atoms with Gasteiger partial charge in [-0.25, -0.2) is 4.39 Å². The van der Waals surface area contributed by atoms with Gasteiger partial charge in [-0.05, 0) is 24.3 Å². The van der Waals surface area contributed by atoms with E-state index in [2.05, 4.69) is 0 Å². The number of halogens is 1. The molecule has 3 nitrogen and oxygen atoms in total. The van der Waals surface area contributed by atoms with Crippen molar-refractivity contribution >= 4 is 11.6 Å². The third-order valence-electron chi connectivity index (χ3n) is 2.57. The number of Topliss-reactive ketones (excluding diaryl/α,β-unsaturated/α-hetero) is 2. The lowest BCUT2D eigenvalue weighted by molar-refractivity contribution is -0.129. The van der Waals surface area contributed by atoms with Gasteiger partial charge in [-0.3, -0.25) is 9.59 Å². The first-order chi connectivity index (χ1) is 8.27. The van der Waals surface area contributed by atoms with Crippen molar-refractivity contribution in [2.24, 2.45) is 5.41 Å². The molecule has 0 N–H and O–H groups in total. The predicted molar refractivity (Wildman–Crippen MR) is 66.7 cm³/mol. The molecule has 0 spiro atoms. The molecule has 0 bridgehead atoms. The molecule has 1 aromatic carbocycles. The molecule has 0 saturated heterocycles. The van der Waals surface area contributed by atoms with Gasteiger partial charge in [0, 0.05) is 11.0 Å². The second kappa shape index (κ2) is 5.29. The molecule has 0 saturated carbocycles. The number of methoxy groups -OCH3 is 1. The predicted octanol–water partition coefficient (Wildman–Crippen LogP) is 2.83. The summed E-state index contributed by atoms with van der Waals surface area (Å²) in [5, 5.41) is 0. The third-order valence-corrected chi connectivity index (χ3v) is 2.57. The van der Waals surface area contributed by atoms with Crippen LogP contribution in [-0.2, 0) is 4.79 Å². The van der Waals surface area contributed by atoms with E-state index in [1.807, 2.05) is 0 Å². The quantitative estimate of drug-likeness (QED) is 0.611. The van der Waals surface area contributed by atoms with Gasteiger partial charge in [-0.1, -0.05) is 20.8 Å². The maximum absolute atomic E-state index is 13.8. The molecule has 1 atom stereocenters. The highest BCUT2D eigenvalue weighted by molar-refractivity contribution is 6.14. The van der Waals surface area contributed by atoms with Gasteiger partial charge in [0.25, 0.3) is 0 Å². The molecule has 98 valence electrons. The molecule has 0 aromatic heterocycles. The highest BCUT2D eigenvalue weighted by Gasteiger charge is 2.34. The fraction of sp³-hybridized carbons (Fsp3) is 0.429. The zero-order chi connectivity index (χ0) is 13.9. The summed E-state index contributed by atoms with van der Waals surface area (Å²) in [7, 11) is 1.50. The van der Waals surface area contributed by atoms with Crippen molar-refractivity contribution in [2.75, 3.05) is 7.11 Å². The van der Waals surface area contributed by atoms with E-state index >= 15 is 0 Å². The summed E-state index contributed by atoms with van der Waals surface area (Å²) in [5.74, 6) is -0.940. The zero-order valence-electron chi connectivity index (χ0n) is 11.0. The van der Waals surface area contributed by atoms with E-state index in [1.54, 1.807) is 32.9 Å². The van der Waals surface area contributed by atoms with Crippen LogP contribution < -0.4 is 4.74 Å². The highest BCUT2D eigenvalue weighted by Crippen LogP contribution is 2.21. The van der Waals surface area contributed by atoms with Gasteiger partial charge in [0.2, 0.25) is 12.0 Å². The minimum Gasteiger partial charge on any atom is -0.497 e. The number of ketones is 2. The molecule has 0 aliphatic heterocycles. The Bertz CT molecular complexity index is 443. The van der Waals surface area contributed by atoms with Crippen LogP contribution in [0.25, 0.3) is 0 Å². The Morgan fingerprint density at radius 1 is 1.17 bits per heavy atom. The number of benzene rings is 1. The summed E-state index contributed by atoms with van der Waals surface area (Å²) < 4.78 is 18.8. The third kappa shape index (κ3) is 3.15. The number of rotatable bonds is 4. The van der Waals surface area contributed by atoms with Crippen molar-refractivity contribution in [3.63, 3.8) is 0 Å². The van der Waals surface area contributed by atoms with Gasteiger partial charge < -0.3 is 4.74 Å². The molecule has 18 heavy (non-hydrogen) atoms. The Labute approximate surface area is 106 Å². The molecule has 0 heterocycles. The standard InChI is InChI=1S/C14H17FO3/c1-14(2,3)13(17)11(15)12(16)9-5-7-10(18-4)8-6-9/h5-8,11H,1-4H3. The van der Waals surface area contributed by atoms with E-state index in [-0.39, 0.29) is 5.56 Å². The summed E-state index contributed by atoms with van der Waals surface area (Å²) in [6.45, 7) is 4.76. The Balaban J connectivity index is 2.90. The van der Waals surface area contributed by atoms with E-state index in [0.29, 0.717) is 5.75 Å². The van der Waals surface area contributed by atoms with Crippen molar-refractivity contribution in [1.29, 1.82) is 0 Å². The van der Waals surface area contributed by atoms with E-state index in [4.69, 9.17) is 4.74 Å². The molecule has 0 fully saturated rings. The smallest absolute Gasteiger partial charge is 0.221 e. The van der Waals surface area contributed by atoms with E-state index < -0.39 is 23.2 Å². The average Bonchev–Trinajstić information content (AvgIpc) is 2.35. The molecule has 4 heteroatoms. The molecular formula is C14H17FO3. The van der Waals surface area contributed by atoms with Crippen LogP contribution in [0, 0.1) is 5.41 Å². The fourth-order valence-electron chi connectivity index (χ4n) is 1.40. The number of carbonyl (C=O) groups excluding carboxylic acids is 2. The van der Waals surface area contributed by atoms with Crippen LogP contribution >= 0.6 is 0 Å². The van der Waals surface area contributed by atoms with Crippen LogP contribution in [0.5, 0.6) is 5.75 Å². The first kappa shape index (κ1) is 14.4. The van der Waals surface area contributed by atoms with Crippen LogP contribution in [0.15, 0.2) is 24.3 Å². The first-order valence-electron chi connectivity index (χ1n) is 5.64. The molecular weight excluding hydrogens is 235 g/mol. The normalized spacial score (nSPS) is 12.9. The Kier molecular flexibility index (Phi) is 4.22. The van der Waals surface area contributed by atoms with E-state index in [0.717, 1.165) is 0 Å². The lowest BCUT2D eigenvalue weighted by atomic mass is 9.86. The summed E-state index contributed by atoms with van der Waals surface area (Å²) >= 11 is 0. The number of alkyl halides is 1. The first-order valence-corrected chi connectivity index (χ1v) is 5.64. The van der Waals surface area contributed by atoms with Crippen LogP contribution in [0.3, 0.4) is 0 Å². The van der Waals surface area contributed by atoms with Crippen LogP contribution in [0.2, 0.25) is 0 Å². The number of hydrogen-bond donors (Lipinski definition) is 0. The van der Waals surface area contributed by atoms with Gasteiger partial charge in [0.1, 0.15) is 5.75 Å². The second-order valence-electron chi connectivity index (χ2n) is 5.07. The van der Waals surface area contributed by atoms with Gasteiger partial charge in [0.15, 0.2) is 5.78 Å². The van der Waals surface area contributed by atoms with Crippen LogP contribution in [-0.4, -0.2) is 24.8 Å². The maximum atomic E-state index is 13.8. The van der Waals surface area contributed by atoms with Gasteiger partial charge in [-0.2, -0.15) is 0 Å². The van der Waals surface area contributed by atoms with Gasteiger partial charge in [0.05, 0.1) is 7.11 Å². The zero-order valence-corrected chi connectivity index (χ0v) is 11.0. The fourth-order valence-corrected chi connectivity index (χ4v) is 1.40. The summed E-state index contributed by atoms with van der Waals surface area (Å²) in [6, 6.07) is 6.01. The van der Waals surface area contributed by atoms with Crippen molar-refractivity contribution in [2.45, 2.75) is 26.9 Å². The largest absolute Gasteiger partial charge is 0.497 e. The summed E-state index contributed by atoms with van der Waals surface area (Å²) in [6.07, 6.45) is -2.11. The molecule has 0 aliphatic rings. The van der Waals surface area contributed by atoms with Crippen molar-refractivity contribution in [3.8, 4) is 5.75 Å². The van der Waals surface area contributed by atoms with Crippen molar-refractivity contribution < 1.29 is 18.7 Å². The maximum Gasteiger partial charge on any atom is 0.221 e. The minimum atomic E-state index is -2.11. The molecule has 1 aromatic rings. The van der Waals surface area contributed by atoms with Gasteiger partial charge in [-0.15, -0.1) is 0 Å². The Morgan fingerprint density at radius 2 is 1.67 bits per heavy atom. The monoisotopic (exact) mass is 252 g/mol. The molecule has 1 unspecified atom stereocenters. The average molecular weight is 252 g/mol. The topological polar surface area (TPSA) is 43.4 Å². The highest BCUT2D eigenvalue weighted by atomic mass is 19.1. The van der Waals surface area contributed by atoms with Crippen molar-refractivity contribution in [3.05, 3.63) is 29.8 Å². The van der Waals surface area contributed by atoms with Crippen LogP contribution in [0.1, 0.15) is 31.1 Å². The van der Waals surface area contributed by atoms with Crippen molar-refractivity contribution in [1.82, 2.24) is 0 Å². The summed E-state index contributed by atoms with van der Waals surface area (Å²) in [5.41, 5.74) is -0.706. The van der Waals surface area contributed by atoms with Crippen LogP contribution in [0.4, 0.5) is 4.39 Å². The molecule has 0 amide bonds. The van der Waals surface area contributed by atoms with E-state index in [9.17, 15) is 14.0 Å². The molecule has 0 radical (unpaired) electrons. The molecule has 1 rings (SSSR count). The van der Waals surface area contributed by atoms with Gasteiger partial charge >= 0.3 is 0 Å². The summed E-state index contributed by atoms with van der Waals surface area (Å²) in [4.78, 5) is 23.5. The lowest BCUT2D eigenvalue weighted by Gasteiger charge is -2.18. The number of hydrogen-bond acceptors (Lipinski definition) is 3. The number of ether oxygens (including phenoxy) is 1. The Morgan fingerprint density at radius 3 is 2.06 bits per heavy atom. The lowest BCUT2D eigenvalue weighted by Crippen LogP contribution is -2.35.